The summed E-state index contributed by atoms with van der Waals surface area (Å²) in [6.45, 7) is 2.13. The molecule has 0 saturated heterocycles. The molecule has 0 spiro atoms. The summed E-state index contributed by atoms with van der Waals surface area (Å²) < 4.78 is 1.83. The van der Waals surface area contributed by atoms with Gasteiger partial charge in [0.15, 0.2) is 5.65 Å². The van der Waals surface area contributed by atoms with Crippen molar-refractivity contribution in [3.8, 4) is 5.69 Å². The highest BCUT2D eigenvalue weighted by Gasteiger charge is 2.13. The van der Waals surface area contributed by atoms with Crippen molar-refractivity contribution in [1.82, 2.24) is 19.7 Å². The maximum Gasteiger partial charge on any atom is 0.168 e. The minimum atomic E-state index is 0.188. The number of hydrogen-bond acceptors (Lipinski definition) is 5. The van der Waals surface area contributed by atoms with Gasteiger partial charge in [-0.2, -0.15) is 5.10 Å². The molecule has 1 N–H and O–H groups in total. The number of fused-ring (bicyclic) bond motifs is 1. The fourth-order valence-electron chi connectivity index (χ4n) is 2.53. The predicted octanol–water partition coefficient (Wildman–Crippen LogP) is 4.05. The van der Waals surface area contributed by atoms with Crippen LogP contribution in [0.4, 0.5) is 5.82 Å². The lowest BCUT2D eigenvalue weighted by molar-refractivity contribution is 0.889. The zero-order chi connectivity index (χ0) is 15.6. The van der Waals surface area contributed by atoms with Gasteiger partial charge >= 0.3 is 0 Å². The number of nitrogens with zero attached hydrogens (tertiary/aromatic N) is 4. The monoisotopic (exact) mass is 321 g/mol. The van der Waals surface area contributed by atoms with Crippen LogP contribution in [0.3, 0.4) is 0 Å². The zero-order valence-corrected chi connectivity index (χ0v) is 13.4. The Morgan fingerprint density at radius 1 is 1.09 bits per heavy atom. The van der Waals surface area contributed by atoms with Gasteiger partial charge in [-0.3, -0.25) is 0 Å². The maximum absolute atomic E-state index is 4.47. The van der Waals surface area contributed by atoms with E-state index in [-0.39, 0.29) is 6.04 Å². The van der Waals surface area contributed by atoms with Crippen LogP contribution in [0.2, 0.25) is 0 Å². The van der Waals surface area contributed by atoms with Crippen LogP contribution in [0, 0.1) is 0 Å². The van der Waals surface area contributed by atoms with Crippen molar-refractivity contribution in [3.63, 3.8) is 0 Å². The molecule has 3 heterocycles. The van der Waals surface area contributed by atoms with Gasteiger partial charge in [-0.05, 0) is 30.5 Å². The standard InChI is InChI=1S/C17H15N5S/c1-12(15-8-5-9-23-15)21-16-14-10-20-22(17(14)19-11-18-16)13-6-3-2-4-7-13/h2-12H,1H3,(H,18,19,21)/t12-/m0/s1. The second kappa shape index (κ2) is 5.81. The van der Waals surface area contributed by atoms with Gasteiger partial charge in [0.05, 0.1) is 23.3 Å². The molecule has 0 fully saturated rings. The number of para-hydroxylation sites is 1. The fraction of sp³-hybridized carbons (Fsp3) is 0.118. The van der Waals surface area contributed by atoms with E-state index < -0.39 is 0 Å². The third-order valence-corrected chi connectivity index (χ3v) is 4.74. The Hall–Kier alpha value is -2.73. The molecule has 4 aromatic rings. The molecule has 23 heavy (non-hydrogen) atoms. The molecule has 0 radical (unpaired) electrons. The first kappa shape index (κ1) is 13.9. The Labute approximate surface area is 137 Å². The average molecular weight is 321 g/mol. The van der Waals surface area contributed by atoms with Gasteiger partial charge < -0.3 is 5.32 Å². The second-order valence-corrected chi connectivity index (χ2v) is 6.21. The lowest BCUT2D eigenvalue weighted by Crippen LogP contribution is -2.07. The summed E-state index contributed by atoms with van der Waals surface area (Å²) >= 11 is 1.73. The molecular weight excluding hydrogens is 306 g/mol. The summed E-state index contributed by atoms with van der Waals surface area (Å²) in [5.41, 5.74) is 1.78. The highest BCUT2D eigenvalue weighted by Crippen LogP contribution is 2.26. The van der Waals surface area contributed by atoms with Gasteiger partial charge in [0.1, 0.15) is 12.1 Å². The van der Waals surface area contributed by atoms with Crippen molar-refractivity contribution in [2.45, 2.75) is 13.0 Å². The smallest absolute Gasteiger partial charge is 0.168 e. The summed E-state index contributed by atoms with van der Waals surface area (Å²) in [5.74, 6) is 0.804. The molecule has 0 bridgehead atoms. The topological polar surface area (TPSA) is 55.6 Å². The van der Waals surface area contributed by atoms with E-state index in [9.17, 15) is 0 Å². The number of anilines is 1. The van der Waals surface area contributed by atoms with Gasteiger partial charge in [0.25, 0.3) is 0 Å². The number of hydrogen-bond donors (Lipinski definition) is 1. The largest absolute Gasteiger partial charge is 0.362 e. The van der Waals surface area contributed by atoms with Crippen molar-refractivity contribution in [1.29, 1.82) is 0 Å². The first-order valence-electron chi connectivity index (χ1n) is 7.37. The lowest BCUT2D eigenvalue weighted by Gasteiger charge is -2.13. The molecule has 0 aliphatic carbocycles. The summed E-state index contributed by atoms with van der Waals surface area (Å²) in [6, 6.07) is 14.3. The van der Waals surface area contributed by atoms with Crippen molar-refractivity contribution in [2.75, 3.05) is 5.32 Å². The quantitative estimate of drug-likeness (QED) is 0.616. The summed E-state index contributed by atoms with van der Waals surface area (Å²) in [7, 11) is 0. The van der Waals surface area contributed by atoms with Crippen molar-refractivity contribution >= 4 is 28.2 Å². The number of thiophene rings is 1. The van der Waals surface area contributed by atoms with Crippen LogP contribution < -0.4 is 5.32 Å². The van der Waals surface area contributed by atoms with Crippen molar-refractivity contribution in [2.24, 2.45) is 0 Å². The number of nitrogens with one attached hydrogen (secondary N) is 1. The van der Waals surface area contributed by atoms with E-state index in [1.165, 1.54) is 4.88 Å². The molecule has 1 atom stereocenters. The van der Waals surface area contributed by atoms with E-state index in [4.69, 9.17) is 0 Å². The first-order chi connectivity index (χ1) is 11.3. The zero-order valence-electron chi connectivity index (χ0n) is 12.5. The van der Waals surface area contributed by atoms with Crippen LogP contribution in [-0.4, -0.2) is 19.7 Å². The van der Waals surface area contributed by atoms with Gasteiger partial charge in [-0.25, -0.2) is 14.6 Å². The molecule has 1 aromatic carbocycles. The molecule has 0 aliphatic heterocycles. The van der Waals surface area contributed by atoms with Crippen LogP contribution in [0.1, 0.15) is 17.8 Å². The molecule has 6 heteroatoms. The Bertz CT molecular complexity index is 915. The van der Waals surface area contributed by atoms with Crippen LogP contribution >= 0.6 is 11.3 Å². The highest BCUT2D eigenvalue weighted by atomic mass is 32.1. The minimum absolute atomic E-state index is 0.188. The summed E-state index contributed by atoms with van der Waals surface area (Å²) in [5, 5.41) is 10.9. The lowest BCUT2D eigenvalue weighted by atomic mass is 10.2. The Morgan fingerprint density at radius 3 is 2.74 bits per heavy atom. The normalized spacial score (nSPS) is 12.4. The third-order valence-electron chi connectivity index (χ3n) is 3.69. The predicted molar refractivity (Wildman–Crippen MR) is 93.0 cm³/mol. The molecule has 114 valence electrons. The summed E-state index contributed by atoms with van der Waals surface area (Å²) in [6.07, 6.45) is 3.39. The molecule has 4 rings (SSSR count). The van der Waals surface area contributed by atoms with E-state index in [2.05, 4.69) is 44.8 Å². The van der Waals surface area contributed by atoms with E-state index >= 15 is 0 Å². The minimum Gasteiger partial charge on any atom is -0.362 e. The van der Waals surface area contributed by atoms with Crippen LogP contribution in [0.5, 0.6) is 0 Å². The number of rotatable bonds is 4. The van der Waals surface area contributed by atoms with E-state index in [1.807, 2.05) is 41.2 Å². The van der Waals surface area contributed by atoms with Crippen LogP contribution in [0.15, 0.2) is 60.4 Å². The fourth-order valence-corrected chi connectivity index (χ4v) is 3.27. The van der Waals surface area contributed by atoms with Crippen LogP contribution in [0.25, 0.3) is 16.7 Å². The average Bonchev–Trinajstić information content (AvgIpc) is 3.26. The van der Waals surface area contributed by atoms with E-state index in [1.54, 1.807) is 17.7 Å². The first-order valence-corrected chi connectivity index (χ1v) is 8.25. The Kier molecular flexibility index (Phi) is 3.51. The van der Waals surface area contributed by atoms with Crippen molar-refractivity contribution < 1.29 is 0 Å². The molecule has 0 unspecified atom stereocenters. The second-order valence-electron chi connectivity index (χ2n) is 5.23. The molecule has 3 aromatic heterocycles. The van der Waals surface area contributed by atoms with E-state index in [0.29, 0.717) is 0 Å². The molecule has 5 nitrogen and oxygen atoms in total. The molecule has 0 aliphatic rings. The summed E-state index contributed by atoms with van der Waals surface area (Å²) in [4.78, 5) is 10.1. The van der Waals surface area contributed by atoms with Crippen LogP contribution in [-0.2, 0) is 0 Å². The molecule has 0 saturated carbocycles. The Balaban J connectivity index is 1.73. The van der Waals surface area contributed by atoms with E-state index in [0.717, 1.165) is 22.5 Å². The number of benzene rings is 1. The maximum atomic E-state index is 4.47. The van der Waals surface area contributed by atoms with Gasteiger partial charge in [-0.15, -0.1) is 11.3 Å². The van der Waals surface area contributed by atoms with Gasteiger partial charge in [0.2, 0.25) is 0 Å². The van der Waals surface area contributed by atoms with Gasteiger partial charge in [0, 0.05) is 4.88 Å². The SMILES string of the molecule is C[C@H](Nc1ncnc2c1cnn2-c1ccccc1)c1cccs1. The molecular formula is C17H15N5S. The third kappa shape index (κ3) is 2.57. The highest BCUT2D eigenvalue weighted by molar-refractivity contribution is 7.10. The molecule has 0 amide bonds. The van der Waals surface area contributed by atoms with Gasteiger partial charge in [-0.1, -0.05) is 24.3 Å². The number of aromatic nitrogens is 4. The Morgan fingerprint density at radius 2 is 1.96 bits per heavy atom. The van der Waals surface area contributed by atoms with Crippen molar-refractivity contribution in [3.05, 3.63) is 65.2 Å².